The van der Waals surface area contributed by atoms with Crippen LogP contribution in [0.1, 0.15) is 27.7 Å². The van der Waals surface area contributed by atoms with Crippen LogP contribution < -0.4 is 0 Å². The summed E-state index contributed by atoms with van der Waals surface area (Å²) in [6.07, 6.45) is -0.206. The Hall–Kier alpha value is -0.0800. The summed E-state index contributed by atoms with van der Waals surface area (Å²) in [5, 5.41) is 9.06. The Balaban J connectivity index is 3.60. The zero-order valence-electron chi connectivity index (χ0n) is 7.46. The Morgan fingerprint density at radius 3 is 1.90 bits per heavy atom. The first-order chi connectivity index (χ1) is 4.57. The van der Waals surface area contributed by atoms with Crippen molar-refractivity contribution >= 4 is 0 Å². The molecule has 0 spiro atoms. The van der Waals surface area contributed by atoms with Crippen LogP contribution in [0.5, 0.6) is 0 Å². The highest BCUT2D eigenvalue weighted by molar-refractivity contribution is 4.62. The predicted octanol–water partition coefficient (Wildman–Crippen LogP) is 1.10. The first kappa shape index (κ1) is 9.92. The lowest BCUT2D eigenvalue weighted by Gasteiger charge is -2.25. The van der Waals surface area contributed by atoms with E-state index in [1.807, 2.05) is 6.92 Å². The molecule has 0 bridgehead atoms. The first-order valence-corrected chi connectivity index (χ1v) is 4.00. The minimum absolute atomic E-state index is 0.206. The fourth-order valence-electron chi connectivity index (χ4n) is 1.04. The van der Waals surface area contributed by atoms with Crippen molar-refractivity contribution in [3.63, 3.8) is 0 Å². The van der Waals surface area contributed by atoms with Crippen LogP contribution in [0.4, 0.5) is 0 Å². The van der Waals surface area contributed by atoms with Gasteiger partial charge in [0.15, 0.2) is 0 Å². The van der Waals surface area contributed by atoms with E-state index >= 15 is 0 Å². The molecule has 0 aromatic carbocycles. The van der Waals surface area contributed by atoms with Crippen LogP contribution in [0.15, 0.2) is 0 Å². The highest BCUT2D eigenvalue weighted by Crippen LogP contribution is 1.98. The van der Waals surface area contributed by atoms with E-state index in [-0.39, 0.29) is 6.10 Å². The molecule has 0 aliphatic heterocycles. The SMILES string of the molecule is CCN(C[C@H](C)O)C(C)C. The second-order valence-corrected chi connectivity index (χ2v) is 3.03. The molecule has 0 rings (SSSR count). The smallest absolute Gasteiger partial charge is 0.0639 e. The molecular formula is C8H19NO. The van der Waals surface area contributed by atoms with Crippen molar-refractivity contribution < 1.29 is 5.11 Å². The normalized spacial score (nSPS) is 14.7. The van der Waals surface area contributed by atoms with Crippen LogP contribution in [-0.4, -0.2) is 35.2 Å². The van der Waals surface area contributed by atoms with Gasteiger partial charge >= 0.3 is 0 Å². The third-order valence-corrected chi connectivity index (χ3v) is 1.64. The molecule has 62 valence electrons. The summed E-state index contributed by atoms with van der Waals surface area (Å²) in [6, 6.07) is 0.541. The van der Waals surface area contributed by atoms with Crippen LogP contribution in [0.2, 0.25) is 0 Å². The van der Waals surface area contributed by atoms with Gasteiger partial charge in [0.1, 0.15) is 0 Å². The van der Waals surface area contributed by atoms with Gasteiger partial charge in [-0.15, -0.1) is 0 Å². The van der Waals surface area contributed by atoms with Crippen molar-refractivity contribution in [1.82, 2.24) is 4.90 Å². The summed E-state index contributed by atoms with van der Waals surface area (Å²) in [6.45, 7) is 10.0. The fourth-order valence-corrected chi connectivity index (χ4v) is 1.04. The molecule has 0 unspecified atom stereocenters. The van der Waals surface area contributed by atoms with Crippen molar-refractivity contribution in [2.45, 2.75) is 39.8 Å². The minimum atomic E-state index is -0.206. The largest absolute Gasteiger partial charge is 0.392 e. The molecule has 0 heterocycles. The fraction of sp³-hybridized carbons (Fsp3) is 1.00. The van der Waals surface area contributed by atoms with Gasteiger partial charge in [-0.2, -0.15) is 0 Å². The number of aliphatic hydroxyl groups is 1. The van der Waals surface area contributed by atoms with E-state index in [0.29, 0.717) is 6.04 Å². The highest BCUT2D eigenvalue weighted by Gasteiger charge is 2.08. The van der Waals surface area contributed by atoms with Gasteiger partial charge in [-0.25, -0.2) is 0 Å². The minimum Gasteiger partial charge on any atom is -0.392 e. The number of rotatable bonds is 4. The first-order valence-electron chi connectivity index (χ1n) is 4.00. The molecule has 0 aliphatic carbocycles. The topological polar surface area (TPSA) is 23.5 Å². The van der Waals surface area contributed by atoms with Gasteiger partial charge in [0, 0.05) is 12.6 Å². The summed E-state index contributed by atoms with van der Waals surface area (Å²) in [5.41, 5.74) is 0. The molecule has 2 nitrogen and oxygen atoms in total. The Labute approximate surface area is 63.8 Å². The highest BCUT2D eigenvalue weighted by atomic mass is 16.3. The zero-order chi connectivity index (χ0) is 8.15. The Bertz CT molecular complexity index is 81.3. The standard InChI is InChI=1S/C8H19NO/c1-5-9(7(2)3)6-8(4)10/h7-8,10H,5-6H2,1-4H3/t8-/m0/s1. The molecule has 10 heavy (non-hydrogen) atoms. The van der Waals surface area contributed by atoms with E-state index in [2.05, 4.69) is 25.7 Å². The number of nitrogens with zero attached hydrogens (tertiary/aromatic N) is 1. The molecule has 0 aromatic heterocycles. The average molecular weight is 145 g/mol. The lowest BCUT2D eigenvalue weighted by Crippen LogP contribution is -2.36. The van der Waals surface area contributed by atoms with Gasteiger partial charge in [-0.3, -0.25) is 4.90 Å². The quantitative estimate of drug-likeness (QED) is 0.640. The van der Waals surface area contributed by atoms with Gasteiger partial charge in [0.05, 0.1) is 6.10 Å². The van der Waals surface area contributed by atoms with Crippen molar-refractivity contribution in [2.24, 2.45) is 0 Å². The monoisotopic (exact) mass is 145 g/mol. The van der Waals surface area contributed by atoms with E-state index in [9.17, 15) is 0 Å². The van der Waals surface area contributed by atoms with Crippen molar-refractivity contribution in [3.05, 3.63) is 0 Å². The summed E-state index contributed by atoms with van der Waals surface area (Å²) in [7, 11) is 0. The molecule has 0 fully saturated rings. The van der Waals surface area contributed by atoms with E-state index in [1.54, 1.807) is 0 Å². The number of hydrogen-bond donors (Lipinski definition) is 1. The molecular weight excluding hydrogens is 126 g/mol. The van der Waals surface area contributed by atoms with Crippen LogP contribution in [-0.2, 0) is 0 Å². The van der Waals surface area contributed by atoms with E-state index in [1.165, 1.54) is 0 Å². The van der Waals surface area contributed by atoms with Gasteiger partial charge in [-0.05, 0) is 27.3 Å². The van der Waals surface area contributed by atoms with E-state index in [4.69, 9.17) is 5.11 Å². The summed E-state index contributed by atoms with van der Waals surface area (Å²) < 4.78 is 0. The van der Waals surface area contributed by atoms with E-state index < -0.39 is 0 Å². The second-order valence-electron chi connectivity index (χ2n) is 3.03. The molecule has 0 saturated heterocycles. The van der Waals surface area contributed by atoms with Gasteiger partial charge in [0.25, 0.3) is 0 Å². The van der Waals surface area contributed by atoms with Crippen LogP contribution in [0, 0.1) is 0 Å². The third kappa shape index (κ3) is 3.85. The number of hydrogen-bond acceptors (Lipinski definition) is 2. The molecule has 2 heteroatoms. The summed E-state index contributed by atoms with van der Waals surface area (Å²) >= 11 is 0. The molecule has 0 aromatic rings. The summed E-state index contributed by atoms with van der Waals surface area (Å²) in [4.78, 5) is 2.24. The molecule has 0 saturated carbocycles. The third-order valence-electron chi connectivity index (χ3n) is 1.64. The van der Waals surface area contributed by atoms with Crippen molar-refractivity contribution in [2.75, 3.05) is 13.1 Å². The maximum Gasteiger partial charge on any atom is 0.0639 e. The Morgan fingerprint density at radius 2 is 1.80 bits per heavy atom. The molecule has 0 radical (unpaired) electrons. The van der Waals surface area contributed by atoms with E-state index in [0.717, 1.165) is 13.1 Å². The van der Waals surface area contributed by atoms with Crippen LogP contribution >= 0.6 is 0 Å². The second kappa shape index (κ2) is 4.69. The number of likely N-dealkylation sites (N-methyl/N-ethyl adjacent to an activating group) is 1. The molecule has 0 aliphatic rings. The maximum atomic E-state index is 9.06. The molecule has 1 atom stereocenters. The van der Waals surface area contributed by atoms with Crippen molar-refractivity contribution in [3.8, 4) is 0 Å². The molecule has 0 amide bonds. The summed E-state index contributed by atoms with van der Waals surface area (Å²) in [5.74, 6) is 0. The Morgan fingerprint density at radius 1 is 1.30 bits per heavy atom. The maximum absolute atomic E-state index is 9.06. The predicted molar refractivity (Wildman–Crippen MR) is 44.1 cm³/mol. The van der Waals surface area contributed by atoms with Gasteiger partial charge < -0.3 is 5.11 Å². The average Bonchev–Trinajstić information content (AvgIpc) is 1.81. The van der Waals surface area contributed by atoms with Gasteiger partial charge in [-0.1, -0.05) is 6.92 Å². The zero-order valence-corrected chi connectivity index (χ0v) is 7.46. The van der Waals surface area contributed by atoms with Crippen molar-refractivity contribution in [1.29, 1.82) is 0 Å². The lowest BCUT2D eigenvalue weighted by atomic mass is 10.3. The lowest BCUT2D eigenvalue weighted by molar-refractivity contribution is 0.112. The Kier molecular flexibility index (Phi) is 4.65. The number of aliphatic hydroxyl groups excluding tert-OH is 1. The van der Waals surface area contributed by atoms with Crippen LogP contribution in [0.25, 0.3) is 0 Å². The van der Waals surface area contributed by atoms with Gasteiger partial charge in [0.2, 0.25) is 0 Å². The molecule has 1 N–H and O–H groups in total. The van der Waals surface area contributed by atoms with Crippen LogP contribution in [0.3, 0.4) is 0 Å².